The van der Waals surface area contributed by atoms with Gasteiger partial charge in [0.2, 0.25) is 0 Å². The molecule has 0 atom stereocenters. The van der Waals surface area contributed by atoms with Gasteiger partial charge in [-0.3, -0.25) is 9.78 Å². The number of pyridine rings is 1. The van der Waals surface area contributed by atoms with Gasteiger partial charge in [-0.2, -0.15) is 0 Å². The number of nitrogens with zero attached hydrogens (tertiary/aromatic N) is 1. The van der Waals surface area contributed by atoms with Crippen molar-refractivity contribution in [1.29, 1.82) is 0 Å². The van der Waals surface area contributed by atoms with E-state index >= 15 is 0 Å². The molecule has 0 spiro atoms. The van der Waals surface area contributed by atoms with Crippen LogP contribution in [0.3, 0.4) is 0 Å². The van der Waals surface area contributed by atoms with E-state index in [4.69, 9.17) is 0 Å². The van der Waals surface area contributed by atoms with Gasteiger partial charge in [0.1, 0.15) is 0 Å². The fourth-order valence-electron chi connectivity index (χ4n) is 0.899. The molecule has 19 heavy (non-hydrogen) atoms. The summed E-state index contributed by atoms with van der Waals surface area (Å²) in [6.45, 7) is 15.3. The van der Waals surface area contributed by atoms with Crippen LogP contribution in [0.15, 0.2) is 37.1 Å². The molecule has 110 valence electrons. The minimum atomic E-state index is -0.207. The first-order chi connectivity index (χ1) is 8.44. The van der Waals surface area contributed by atoms with E-state index in [-0.39, 0.29) is 18.6 Å². The Morgan fingerprint density at radius 1 is 1.37 bits per heavy atom. The molecule has 0 N–H and O–H groups in total. The molecule has 1 rings (SSSR count). The molecule has 0 radical (unpaired) electrons. The molecular weight excluding hydrogens is 234 g/mol. The average molecular weight is 265 g/mol. The van der Waals surface area contributed by atoms with Crippen molar-refractivity contribution >= 4 is 5.78 Å². The van der Waals surface area contributed by atoms with Gasteiger partial charge in [0.15, 0.2) is 5.78 Å². The van der Waals surface area contributed by atoms with Crippen LogP contribution < -0.4 is 0 Å². The van der Waals surface area contributed by atoms with Crippen molar-refractivity contribution in [3.8, 4) is 0 Å². The van der Waals surface area contributed by atoms with E-state index in [0.29, 0.717) is 0 Å². The Balaban J connectivity index is -0.000000231. The highest BCUT2D eigenvalue weighted by Crippen LogP contribution is 2.20. The average Bonchev–Trinajstić information content (AvgIpc) is 2.41. The smallest absolute Gasteiger partial charge is 0.160 e. The normalized spacial score (nSPS) is 8.74. The number of rotatable bonds is 3. The van der Waals surface area contributed by atoms with Crippen molar-refractivity contribution in [3.63, 3.8) is 0 Å². The molecule has 0 aliphatic rings. The van der Waals surface area contributed by atoms with Gasteiger partial charge < -0.3 is 0 Å². The summed E-state index contributed by atoms with van der Waals surface area (Å²) in [7, 11) is 0. The molecule has 0 fully saturated rings. The third kappa shape index (κ3) is 11.4. The number of carbonyl (C=O) groups is 1. The van der Waals surface area contributed by atoms with Crippen LogP contribution in [0.2, 0.25) is 0 Å². The molecule has 1 aromatic rings. The number of aryl methyl sites for hydroxylation is 1. The van der Waals surface area contributed by atoms with Crippen molar-refractivity contribution in [3.05, 3.63) is 42.7 Å². The molecule has 0 unspecified atom stereocenters. The summed E-state index contributed by atoms with van der Waals surface area (Å²) < 4.78 is 0. The summed E-state index contributed by atoms with van der Waals surface area (Å²) in [6, 6.07) is 5.86. The van der Waals surface area contributed by atoms with Crippen molar-refractivity contribution in [1.82, 2.24) is 4.98 Å². The lowest BCUT2D eigenvalue weighted by atomic mass is 9.85. The molecule has 2 nitrogen and oxygen atoms in total. The first kappa shape index (κ1) is 22.7. The van der Waals surface area contributed by atoms with E-state index in [1.54, 1.807) is 6.20 Å². The largest absolute Gasteiger partial charge is 0.294 e. The summed E-state index contributed by atoms with van der Waals surface area (Å²) in [4.78, 5) is 14.9. The van der Waals surface area contributed by atoms with Gasteiger partial charge in [0.05, 0.1) is 0 Å². The minimum Gasteiger partial charge on any atom is -0.294 e. The van der Waals surface area contributed by atoms with E-state index < -0.39 is 0 Å². The van der Waals surface area contributed by atoms with Crippen molar-refractivity contribution in [2.75, 3.05) is 0 Å². The van der Waals surface area contributed by atoms with Gasteiger partial charge in [0.25, 0.3) is 0 Å². The maximum atomic E-state index is 10.9. The zero-order valence-electron chi connectivity index (χ0n) is 12.7. The van der Waals surface area contributed by atoms with E-state index in [0.717, 1.165) is 12.1 Å². The van der Waals surface area contributed by atoms with Crippen LogP contribution >= 0.6 is 0 Å². The Bertz CT molecular complexity index is 328. The van der Waals surface area contributed by atoms with E-state index in [9.17, 15) is 4.79 Å². The summed E-state index contributed by atoms with van der Waals surface area (Å²) in [5.41, 5.74) is 0.865. The molecule has 0 saturated heterocycles. The van der Waals surface area contributed by atoms with Crippen LogP contribution in [-0.4, -0.2) is 10.8 Å². The highest BCUT2D eigenvalue weighted by molar-refractivity contribution is 5.93. The maximum Gasteiger partial charge on any atom is 0.160 e. The van der Waals surface area contributed by atoms with Crippen LogP contribution in [0, 0.1) is 12.3 Å². The first-order valence-corrected chi connectivity index (χ1v) is 6.48. The summed E-state index contributed by atoms with van der Waals surface area (Å²) in [5, 5.41) is 0. The highest BCUT2D eigenvalue weighted by Gasteiger charge is 2.21. The summed E-state index contributed by atoms with van der Waals surface area (Å²) in [5.74, 6) is 0.130. The second-order valence-electron chi connectivity index (χ2n) is 4.28. The van der Waals surface area contributed by atoms with Gasteiger partial charge in [-0.1, -0.05) is 54.7 Å². The number of carbonyl (C=O) groups excluding carboxylic acids is 1. The lowest BCUT2D eigenvalue weighted by Gasteiger charge is -2.17. The highest BCUT2D eigenvalue weighted by atomic mass is 16.1. The standard InChI is InChI=1S/C8H14O.C6H7N.C2H6.CH4/c1-5-7(9)8(3,4)6-2;1-6-4-2-3-5-7-6;1-2;/h5H,1,6H2,2-4H3;2-5H,1H3;1-2H3;1H4. The molecule has 0 saturated carbocycles. The predicted molar refractivity (Wildman–Crippen MR) is 86.3 cm³/mol. The molecule has 0 bridgehead atoms. The van der Waals surface area contributed by atoms with E-state index in [1.807, 2.05) is 59.7 Å². The Morgan fingerprint density at radius 3 is 2.05 bits per heavy atom. The zero-order valence-corrected chi connectivity index (χ0v) is 12.7. The summed E-state index contributed by atoms with van der Waals surface area (Å²) in [6.07, 6.45) is 4.05. The molecule has 0 aliphatic carbocycles. The zero-order chi connectivity index (χ0) is 14.6. The van der Waals surface area contributed by atoms with Gasteiger partial charge >= 0.3 is 0 Å². The van der Waals surface area contributed by atoms with Gasteiger partial charge in [-0.25, -0.2) is 0 Å². The Kier molecular flexibility index (Phi) is 15.5. The lowest BCUT2D eigenvalue weighted by molar-refractivity contribution is -0.122. The van der Waals surface area contributed by atoms with Gasteiger partial charge in [-0.15, -0.1) is 0 Å². The van der Waals surface area contributed by atoms with Crippen molar-refractivity contribution < 1.29 is 4.79 Å². The number of hydrogen-bond acceptors (Lipinski definition) is 2. The van der Waals surface area contributed by atoms with Crippen LogP contribution in [0.5, 0.6) is 0 Å². The minimum absolute atomic E-state index is 0. The lowest BCUT2D eigenvalue weighted by Crippen LogP contribution is -2.20. The third-order valence-corrected chi connectivity index (χ3v) is 2.55. The van der Waals surface area contributed by atoms with Crippen molar-refractivity contribution in [2.45, 2.75) is 55.4 Å². The number of hydrogen-bond donors (Lipinski definition) is 0. The maximum absolute atomic E-state index is 10.9. The number of allylic oxidation sites excluding steroid dienone is 1. The molecule has 0 aliphatic heterocycles. The van der Waals surface area contributed by atoms with Crippen molar-refractivity contribution in [2.24, 2.45) is 5.41 Å². The van der Waals surface area contributed by atoms with Crippen LogP contribution in [0.25, 0.3) is 0 Å². The molecule has 0 amide bonds. The summed E-state index contributed by atoms with van der Waals surface area (Å²) >= 11 is 0. The van der Waals surface area contributed by atoms with Gasteiger partial charge in [-0.05, 0) is 31.6 Å². The quantitative estimate of drug-likeness (QED) is 0.700. The number of ketones is 1. The SMILES string of the molecule is C.C=CC(=O)C(C)(C)CC.CC.Cc1ccccn1. The van der Waals surface area contributed by atoms with Crippen LogP contribution in [-0.2, 0) is 4.79 Å². The topological polar surface area (TPSA) is 30.0 Å². The predicted octanol–water partition coefficient (Wildman–Crippen LogP) is 5.23. The molecular formula is C17H31NO. The Labute approximate surface area is 120 Å². The number of aromatic nitrogens is 1. The second-order valence-corrected chi connectivity index (χ2v) is 4.28. The molecule has 2 heteroatoms. The van der Waals surface area contributed by atoms with Gasteiger partial charge in [0, 0.05) is 17.3 Å². The van der Waals surface area contributed by atoms with Crippen LogP contribution in [0.1, 0.15) is 54.2 Å². The molecule has 0 aromatic carbocycles. The Morgan fingerprint density at radius 2 is 1.89 bits per heavy atom. The molecule has 1 aromatic heterocycles. The third-order valence-electron chi connectivity index (χ3n) is 2.55. The fraction of sp³-hybridized carbons (Fsp3) is 0.529. The second kappa shape index (κ2) is 13.0. The molecule has 1 heterocycles. The first-order valence-electron chi connectivity index (χ1n) is 6.48. The van der Waals surface area contributed by atoms with Crippen LogP contribution in [0.4, 0.5) is 0 Å². The monoisotopic (exact) mass is 265 g/mol. The Hall–Kier alpha value is -1.44. The van der Waals surface area contributed by atoms with E-state index in [2.05, 4.69) is 11.6 Å². The van der Waals surface area contributed by atoms with E-state index in [1.165, 1.54) is 6.08 Å². The fourth-order valence-corrected chi connectivity index (χ4v) is 0.899.